The van der Waals surface area contributed by atoms with Crippen LogP contribution < -0.4 is 14.9 Å². The third-order valence-corrected chi connectivity index (χ3v) is 5.47. The molecule has 0 amide bonds. The number of benzene rings is 2. The topological polar surface area (TPSA) is 200 Å². The van der Waals surface area contributed by atoms with Crippen LogP contribution in [0.5, 0.6) is 28.7 Å². The molecule has 12 nitrogen and oxygen atoms in total. The third-order valence-electron chi connectivity index (χ3n) is 5.47. The molecule has 0 spiro atoms. The Labute approximate surface area is 191 Å². The monoisotopic (exact) mass is 478 g/mol. The van der Waals surface area contributed by atoms with Gasteiger partial charge in [0.25, 0.3) is 0 Å². The van der Waals surface area contributed by atoms with E-state index in [2.05, 4.69) is 0 Å². The van der Waals surface area contributed by atoms with Crippen LogP contribution in [0.2, 0.25) is 0 Å². The van der Waals surface area contributed by atoms with E-state index in [1.807, 2.05) is 0 Å². The fraction of sp³-hybridized carbons (Fsp3) is 0.318. The van der Waals surface area contributed by atoms with Crippen LogP contribution in [0, 0.1) is 0 Å². The van der Waals surface area contributed by atoms with Crippen molar-refractivity contribution in [1.82, 2.24) is 0 Å². The zero-order valence-electron chi connectivity index (χ0n) is 17.7. The van der Waals surface area contributed by atoms with Gasteiger partial charge in [-0.15, -0.1) is 0 Å². The summed E-state index contributed by atoms with van der Waals surface area (Å²) in [6, 6.07) is 6.20. The van der Waals surface area contributed by atoms with Gasteiger partial charge in [0.1, 0.15) is 46.9 Å². The number of methoxy groups -OCH3 is 1. The van der Waals surface area contributed by atoms with Crippen molar-refractivity contribution in [3.63, 3.8) is 0 Å². The number of hydrogen-bond donors (Lipinski definition) is 7. The van der Waals surface area contributed by atoms with E-state index in [0.717, 1.165) is 6.07 Å². The molecule has 34 heavy (non-hydrogen) atoms. The van der Waals surface area contributed by atoms with Crippen molar-refractivity contribution in [3.05, 3.63) is 40.6 Å². The van der Waals surface area contributed by atoms with Crippen molar-refractivity contribution in [1.29, 1.82) is 0 Å². The molecule has 1 aliphatic heterocycles. The first-order chi connectivity index (χ1) is 16.2. The third kappa shape index (κ3) is 3.97. The molecule has 0 bridgehead atoms. The first kappa shape index (κ1) is 23.6. The summed E-state index contributed by atoms with van der Waals surface area (Å²) >= 11 is 0. The highest BCUT2D eigenvalue weighted by atomic mass is 16.7. The lowest BCUT2D eigenvalue weighted by Gasteiger charge is -2.39. The van der Waals surface area contributed by atoms with Gasteiger partial charge in [-0.05, 0) is 18.2 Å². The predicted octanol–water partition coefficient (Wildman–Crippen LogP) is -0.236. The summed E-state index contributed by atoms with van der Waals surface area (Å²) in [7, 11) is 1.35. The van der Waals surface area contributed by atoms with Crippen LogP contribution in [0.15, 0.2) is 39.5 Å². The van der Waals surface area contributed by atoms with Crippen molar-refractivity contribution < 1.29 is 54.4 Å². The second-order valence-electron chi connectivity index (χ2n) is 7.63. The molecule has 0 saturated carbocycles. The Kier molecular flexibility index (Phi) is 6.25. The van der Waals surface area contributed by atoms with Crippen molar-refractivity contribution in [2.24, 2.45) is 0 Å². The Balaban J connectivity index is 1.76. The minimum absolute atomic E-state index is 0.134. The maximum Gasteiger partial charge on any atom is 0.238 e. The maximum absolute atomic E-state index is 12.7. The molecular formula is C22H22O12. The molecule has 0 radical (unpaired) electrons. The van der Waals surface area contributed by atoms with E-state index in [1.54, 1.807) is 0 Å². The van der Waals surface area contributed by atoms with Gasteiger partial charge in [0, 0.05) is 17.7 Å². The van der Waals surface area contributed by atoms with Crippen molar-refractivity contribution in [3.8, 4) is 40.1 Å². The van der Waals surface area contributed by atoms with Gasteiger partial charge in [0.15, 0.2) is 17.3 Å². The Morgan fingerprint density at radius 3 is 2.35 bits per heavy atom. The summed E-state index contributed by atoms with van der Waals surface area (Å²) < 4.78 is 21.3. The Hall–Kier alpha value is -3.55. The summed E-state index contributed by atoms with van der Waals surface area (Å²) in [6.45, 7) is -0.667. The quantitative estimate of drug-likeness (QED) is 0.254. The average Bonchev–Trinajstić information content (AvgIpc) is 2.81. The van der Waals surface area contributed by atoms with Crippen molar-refractivity contribution in [2.45, 2.75) is 30.7 Å². The predicted molar refractivity (Wildman–Crippen MR) is 114 cm³/mol. The number of rotatable bonds is 5. The van der Waals surface area contributed by atoms with E-state index in [9.17, 15) is 40.5 Å². The Morgan fingerprint density at radius 1 is 0.971 bits per heavy atom. The molecule has 0 aliphatic carbocycles. The molecule has 5 atom stereocenters. The highest BCUT2D eigenvalue weighted by Gasteiger charge is 2.44. The Morgan fingerprint density at radius 2 is 1.71 bits per heavy atom. The fourth-order valence-electron chi connectivity index (χ4n) is 3.66. The van der Waals surface area contributed by atoms with Crippen LogP contribution in [0.4, 0.5) is 0 Å². The van der Waals surface area contributed by atoms with Crippen molar-refractivity contribution in [2.75, 3.05) is 13.7 Å². The molecule has 4 rings (SSSR count). The largest absolute Gasteiger partial charge is 0.507 e. The second-order valence-corrected chi connectivity index (χ2v) is 7.63. The molecular weight excluding hydrogens is 456 g/mol. The molecule has 7 N–H and O–H groups in total. The van der Waals surface area contributed by atoms with Gasteiger partial charge in [0.2, 0.25) is 17.5 Å². The minimum atomic E-state index is -1.71. The van der Waals surface area contributed by atoms with E-state index in [4.69, 9.17) is 18.6 Å². The summed E-state index contributed by atoms with van der Waals surface area (Å²) in [5.41, 5.74) is -1.04. The number of fused-ring (bicyclic) bond motifs is 1. The van der Waals surface area contributed by atoms with Crippen LogP contribution in [0.3, 0.4) is 0 Å². The Bertz CT molecular complexity index is 1270. The summed E-state index contributed by atoms with van der Waals surface area (Å²) in [5, 5.41) is 69.7. The molecule has 1 aliphatic rings. The first-order valence-electron chi connectivity index (χ1n) is 10.0. The van der Waals surface area contributed by atoms with Crippen LogP contribution in [-0.4, -0.2) is 80.2 Å². The summed E-state index contributed by atoms with van der Waals surface area (Å²) in [4.78, 5) is 12.7. The number of phenolic OH excluding ortho intramolecular Hbond substituents is 2. The molecule has 1 saturated heterocycles. The first-order valence-corrected chi connectivity index (χ1v) is 10.0. The van der Waals surface area contributed by atoms with E-state index < -0.39 is 54.2 Å². The lowest BCUT2D eigenvalue weighted by atomic mass is 9.99. The number of hydrogen-bond acceptors (Lipinski definition) is 12. The summed E-state index contributed by atoms with van der Waals surface area (Å²) in [6.07, 6.45) is -7.75. The molecule has 2 aromatic carbocycles. The number of aliphatic hydroxyl groups excluding tert-OH is 4. The second kappa shape index (κ2) is 9.00. The highest BCUT2D eigenvalue weighted by Crippen LogP contribution is 2.38. The molecule has 2 unspecified atom stereocenters. The van der Waals surface area contributed by atoms with Gasteiger partial charge in [-0.25, -0.2) is 0 Å². The number of aromatic hydroxyl groups is 3. The number of aliphatic hydroxyl groups is 4. The highest BCUT2D eigenvalue weighted by molar-refractivity contribution is 5.88. The molecule has 12 heteroatoms. The van der Waals surface area contributed by atoms with Gasteiger partial charge in [-0.3, -0.25) is 4.79 Å². The number of phenols is 2. The fourth-order valence-corrected chi connectivity index (χ4v) is 3.66. The van der Waals surface area contributed by atoms with Gasteiger partial charge in [-0.1, -0.05) is 0 Å². The SMILES string of the molecule is COc1ccc(-c2oc3cc(O[C@@H]4OC(CO)[C@@H](O)[C@H](O)C4O)cc(O)c3c(=O)c2O)cc1O. The molecule has 1 fully saturated rings. The lowest BCUT2D eigenvalue weighted by Crippen LogP contribution is -2.60. The lowest BCUT2D eigenvalue weighted by molar-refractivity contribution is -0.277. The molecule has 1 aromatic heterocycles. The average molecular weight is 478 g/mol. The van der Waals surface area contributed by atoms with Crippen LogP contribution in [-0.2, 0) is 4.74 Å². The molecule has 2 heterocycles. The van der Waals surface area contributed by atoms with Gasteiger partial charge in [0.05, 0.1) is 13.7 Å². The van der Waals surface area contributed by atoms with Crippen LogP contribution in [0.1, 0.15) is 0 Å². The zero-order chi connectivity index (χ0) is 24.7. The van der Waals surface area contributed by atoms with Gasteiger partial charge in [-0.2, -0.15) is 0 Å². The molecule has 182 valence electrons. The standard InChI is InChI=1S/C22H22O12/c1-31-12-3-2-8(4-10(12)24)21-19(29)17(27)15-11(25)5-9(6-13(15)33-21)32-22-20(30)18(28)16(26)14(7-23)34-22/h2-6,14,16,18,20,22-26,28-30H,7H2,1H3/t14?,16-,18+,20?,22-/m1/s1. The van der Waals surface area contributed by atoms with Crippen LogP contribution in [0.25, 0.3) is 22.3 Å². The zero-order valence-corrected chi connectivity index (χ0v) is 17.7. The normalized spacial score (nSPS) is 24.8. The molecule has 3 aromatic rings. The summed E-state index contributed by atoms with van der Waals surface area (Å²) in [5.74, 6) is -2.02. The van der Waals surface area contributed by atoms with E-state index in [-0.39, 0.29) is 39.5 Å². The van der Waals surface area contributed by atoms with Gasteiger partial charge >= 0.3 is 0 Å². The van der Waals surface area contributed by atoms with Gasteiger partial charge < -0.3 is 54.4 Å². The van der Waals surface area contributed by atoms with E-state index >= 15 is 0 Å². The number of ether oxygens (including phenoxy) is 3. The minimum Gasteiger partial charge on any atom is -0.507 e. The van der Waals surface area contributed by atoms with E-state index in [1.165, 1.54) is 31.4 Å². The van der Waals surface area contributed by atoms with Crippen molar-refractivity contribution >= 4 is 11.0 Å². The van der Waals surface area contributed by atoms with Crippen LogP contribution >= 0.6 is 0 Å². The smallest absolute Gasteiger partial charge is 0.238 e. The van der Waals surface area contributed by atoms with E-state index in [0.29, 0.717) is 0 Å². The maximum atomic E-state index is 12.7.